The Labute approximate surface area is 129 Å². The summed E-state index contributed by atoms with van der Waals surface area (Å²) in [5.41, 5.74) is 1.17. The molecular formula is C13H11BrO4S2. The quantitative estimate of drug-likeness (QED) is 0.888. The van der Waals surface area contributed by atoms with Gasteiger partial charge in [0.2, 0.25) is 0 Å². The number of sulfone groups is 1. The van der Waals surface area contributed by atoms with Crippen LogP contribution in [0.2, 0.25) is 0 Å². The second-order valence-corrected chi connectivity index (χ2v) is 7.87. The molecule has 0 fully saturated rings. The number of hydrogen-bond acceptors (Lipinski definition) is 4. The summed E-state index contributed by atoms with van der Waals surface area (Å²) in [6, 6.07) is 4.36. The fourth-order valence-corrected chi connectivity index (χ4v) is 4.79. The van der Waals surface area contributed by atoms with Crippen molar-refractivity contribution in [2.24, 2.45) is 0 Å². The van der Waals surface area contributed by atoms with Crippen molar-refractivity contribution >= 4 is 43.1 Å². The van der Waals surface area contributed by atoms with E-state index in [1.807, 2.05) is 0 Å². The van der Waals surface area contributed by atoms with Gasteiger partial charge in [0.05, 0.1) is 16.2 Å². The predicted octanol–water partition coefficient (Wildman–Crippen LogP) is 3.49. The molecule has 7 heteroatoms. The average Bonchev–Trinajstić information content (AvgIpc) is 2.83. The molecule has 0 saturated heterocycles. The average molecular weight is 375 g/mol. The van der Waals surface area contributed by atoms with E-state index in [2.05, 4.69) is 15.9 Å². The highest BCUT2D eigenvalue weighted by Gasteiger charge is 2.22. The molecule has 0 spiro atoms. The van der Waals surface area contributed by atoms with Crippen LogP contribution in [0.4, 0.5) is 0 Å². The van der Waals surface area contributed by atoms with Crippen molar-refractivity contribution in [3.05, 3.63) is 50.1 Å². The molecule has 1 heterocycles. The zero-order valence-electron chi connectivity index (χ0n) is 10.5. The summed E-state index contributed by atoms with van der Waals surface area (Å²) >= 11 is 4.63. The first-order valence-corrected chi connectivity index (χ1v) is 8.97. The third-order valence-corrected chi connectivity index (χ3v) is 6.18. The highest BCUT2D eigenvalue weighted by Crippen LogP contribution is 2.28. The molecule has 106 valence electrons. The minimum Gasteiger partial charge on any atom is -0.478 e. The summed E-state index contributed by atoms with van der Waals surface area (Å²) < 4.78 is 25.3. The number of carbonyl (C=O) groups is 1. The second-order valence-electron chi connectivity index (χ2n) is 4.28. The number of benzene rings is 1. The van der Waals surface area contributed by atoms with Crippen LogP contribution in [-0.2, 0) is 15.6 Å². The molecule has 0 amide bonds. The number of hydrogen-bond donors (Lipinski definition) is 1. The molecule has 0 aliphatic carbocycles. The molecule has 0 radical (unpaired) electrons. The lowest BCUT2D eigenvalue weighted by atomic mass is 10.1. The fourth-order valence-electron chi connectivity index (χ4n) is 1.77. The maximum Gasteiger partial charge on any atom is 0.335 e. The second kappa shape index (κ2) is 5.67. The Bertz CT molecular complexity index is 749. The Kier molecular flexibility index (Phi) is 4.31. The maximum atomic E-state index is 12.4. The molecule has 2 aromatic rings. The van der Waals surface area contributed by atoms with Crippen LogP contribution >= 0.6 is 27.3 Å². The van der Waals surface area contributed by atoms with E-state index in [9.17, 15) is 13.2 Å². The molecule has 1 N–H and O–H groups in total. The van der Waals surface area contributed by atoms with Crippen LogP contribution in [0.25, 0.3) is 0 Å². The van der Waals surface area contributed by atoms with Gasteiger partial charge >= 0.3 is 5.97 Å². The smallest absolute Gasteiger partial charge is 0.335 e. The van der Waals surface area contributed by atoms with Gasteiger partial charge in [-0.2, -0.15) is 11.3 Å². The van der Waals surface area contributed by atoms with E-state index in [1.165, 1.54) is 23.5 Å². The number of carboxylic acids is 1. The van der Waals surface area contributed by atoms with Crippen LogP contribution in [-0.4, -0.2) is 19.5 Å². The topological polar surface area (TPSA) is 71.4 Å². The van der Waals surface area contributed by atoms with Gasteiger partial charge in [-0.3, -0.25) is 0 Å². The van der Waals surface area contributed by atoms with Crippen molar-refractivity contribution in [3.8, 4) is 0 Å². The number of aromatic carboxylic acids is 1. The first kappa shape index (κ1) is 15.2. The Morgan fingerprint density at radius 1 is 1.40 bits per heavy atom. The summed E-state index contributed by atoms with van der Waals surface area (Å²) in [5, 5.41) is 12.6. The van der Waals surface area contributed by atoms with Crippen LogP contribution in [0.15, 0.2) is 38.3 Å². The Morgan fingerprint density at radius 2 is 2.10 bits per heavy atom. The van der Waals surface area contributed by atoms with Gasteiger partial charge in [0.15, 0.2) is 9.84 Å². The third kappa shape index (κ3) is 3.11. The molecule has 0 aliphatic rings. The van der Waals surface area contributed by atoms with Crippen molar-refractivity contribution in [1.82, 2.24) is 0 Å². The molecule has 0 saturated carbocycles. The highest BCUT2D eigenvalue weighted by molar-refractivity contribution is 9.10. The van der Waals surface area contributed by atoms with Crippen molar-refractivity contribution in [3.63, 3.8) is 0 Å². The van der Waals surface area contributed by atoms with E-state index >= 15 is 0 Å². The van der Waals surface area contributed by atoms with Crippen molar-refractivity contribution in [2.45, 2.75) is 17.6 Å². The summed E-state index contributed by atoms with van der Waals surface area (Å²) in [6.07, 6.45) is 0. The van der Waals surface area contributed by atoms with Crippen molar-refractivity contribution in [2.75, 3.05) is 0 Å². The van der Waals surface area contributed by atoms with E-state index in [4.69, 9.17) is 5.11 Å². The van der Waals surface area contributed by atoms with E-state index in [1.54, 1.807) is 23.8 Å². The number of carboxylic acid groups (broad SMARTS) is 1. The Hall–Kier alpha value is -1.18. The molecule has 1 aromatic carbocycles. The Morgan fingerprint density at radius 3 is 2.65 bits per heavy atom. The van der Waals surface area contributed by atoms with Crippen LogP contribution in [0.5, 0.6) is 0 Å². The van der Waals surface area contributed by atoms with Crippen molar-refractivity contribution in [1.29, 1.82) is 0 Å². The summed E-state index contributed by atoms with van der Waals surface area (Å²) in [5.74, 6) is -1.29. The minimum absolute atomic E-state index is 0.0497. The zero-order valence-corrected chi connectivity index (χ0v) is 13.7. The SMILES string of the molecule is Cc1c(Br)cc(C(=O)O)cc1S(=O)(=O)Cc1ccsc1. The monoisotopic (exact) mass is 374 g/mol. The number of thiophene rings is 1. The lowest BCUT2D eigenvalue weighted by Crippen LogP contribution is -2.09. The van der Waals surface area contributed by atoms with E-state index in [-0.39, 0.29) is 16.2 Å². The summed E-state index contributed by atoms with van der Waals surface area (Å²) in [4.78, 5) is 11.1. The number of rotatable bonds is 4. The first-order chi connectivity index (χ1) is 9.31. The summed E-state index contributed by atoms with van der Waals surface area (Å²) in [7, 11) is -3.58. The van der Waals surface area contributed by atoms with Gasteiger partial charge in [0.25, 0.3) is 0 Å². The van der Waals surface area contributed by atoms with Crippen molar-refractivity contribution < 1.29 is 18.3 Å². The molecule has 0 bridgehead atoms. The maximum absolute atomic E-state index is 12.4. The van der Waals surface area contributed by atoms with Gasteiger partial charge in [-0.1, -0.05) is 15.9 Å². The van der Waals surface area contributed by atoms with Crippen LogP contribution in [0.1, 0.15) is 21.5 Å². The first-order valence-electron chi connectivity index (χ1n) is 5.58. The van der Waals surface area contributed by atoms with Gasteiger partial charge < -0.3 is 5.11 Å². The lowest BCUT2D eigenvalue weighted by Gasteiger charge is -2.10. The molecular weight excluding hydrogens is 364 g/mol. The minimum atomic E-state index is -3.58. The Balaban J connectivity index is 2.53. The summed E-state index contributed by atoms with van der Waals surface area (Å²) in [6.45, 7) is 1.65. The van der Waals surface area contributed by atoms with Gasteiger partial charge in [0, 0.05) is 4.47 Å². The van der Waals surface area contributed by atoms with E-state index < -0.39 is 15.8 Å². The lowest BCUT2D eigenvalue weighted by molar-refractivity contribution is 0.0696. The molecule has 0 unspecified atom stereocenters. The van der Waals surface area contributed by atoms with E-state index in [0.717, 1.165) is 0 Å². The standard InChI is InChI=1S/C13H11BrO4S2/c1-8-11(14)4-10(13(15)16)5-12(8)20(17,18)7-9-2-3-19-6-9/h2-6H,7H2,1H3,(H,15,16). The molecule has 4 nitrogen and oxygen atoms in total. The van der Waals surface area contributed by atoms with E-state index in [0.29, 0.717) is 15.6 Å². The molecule has 0 aliphatic heterocycles. The van der Waals surface area contributed by atoms with Crippen LogP contribution in [0, 0.1) is 6.92 Å². The third-order valence-electron chi connectivity index (χ3n) is 2.82. The zero-order chi connectivity index (χ0) is 14.9. The molecule has 1 aromatic heterocycles. The van der Waals surface area contributed by atoms with Gasteiger partial charge in [-0.25, -0.2) is 13.2 Å². The van der Waals surface area contributed by atoms with Crippen LogP contribution in [0.3, 0.4) is 0 Å². The predicted molar refractivity (Wildman–Crippen MR) is 81.0 cm³/mol. The highest BCUT2D eigenvalue weighted by atomic mass is 79.9. The number of halogens is 1. The molecule has 20 heavy (non-hydrogen) atoms. The van der Waals surface area contributed by atoms with Crippen LogP contribution < -0.4 is 0 Å². The van der Waals surface area contributed by atoms with Gasteiger partial charge in [0.1, 0.15) is 0 Å². The van der Waals surface area contributed by atoms with Gasteiger partial charge in [-0.05, 0) is 47.0 Å². The normalized spacial score (nSPS) is 11.5. The molecule has 0 atom stereocenters. The largest absolute Gasteiger partial charge is 0.478 e. The fraction of sp³-hybridized carbons (Fsp3) is 0.154. The molecule has 2 rings (SSSR count). The van der Waals surface area contributed by atoms with Gasteiger partial charge in [-0.15, -0.1) is 0 Å².